The number of nitrogens with one attached hydrogen (secondary N) is 1. The van der Waals surface area contributed by atoms with Crippen LogP contribution in [0.5, 0.6) is 0 Å². The van der Waals surface area contributed by atoms with E-state index in [9.17, 15) is 9.90 Å². The fraction of sp³-hybridized carbons (Fsp3) is 0.316. The first-order valence-electron chi connectivity index (χ1n) is 8.01. The summed E-state index contributed by atoms with van der Waals surface area (Å²) in [6.07, 6.45) is 1.20. The van der Waals surface area contributed by atoms with Crippen LogP contribution in [0.2, 0.25) is 0 Å². The lowest BCUT2D eigenvalue weighted by atomic mass is 9.87. The molecular weight excluding hydrogens is 359 g/mol. The Labute approximate surface area is 161 Å². The van der Waals surface area contributed by atoms with Gasteiger partial charge in [-0.15, -0.1) is 24.8 Å². The topological polar surface area (TPSA) is 52.6 Å². The Bertz CT molecular complexity index is 645. The van der Waals surface area contributed by atoms with Crippen LogP contribution < -0.4 is 5.32 Å². The number of hydrogen-bond donors (Lipinski definition) is 2. The van der Waals surface area contributed by atoms with Crippen LogP contribution in [0.15, 0.2) is 60.7 Å². The van der Waals surface area contributed by atoms with Crippen molar-refractivity contribution in [1.82, 2.24) is 4.90 Å². The number of piperidine rings is 1. The van der Waals surface area contributed by atoms with Gasteiger partial charge in [0.1, 0.15) is 5.54 Å². The van der Waals surface area contributed by atoms with E-state index in [1.165, 1.54) is 5.56 Å². The van der Waals surface area contributed by atoms with Gasteiger partial charge < -0.3 is 10.4 Å². The Morgan fingerprint density at radius 1 is 0.960 bits per heavy atom. The molecule has 0 unspecified atom stereocenters. The highest BCUT2D eigenvalue weighted by molar-refractivity contribution is 5.85. The summed E-state index contributed by atoms with van der Waals surface area (Å²) >= 11 is 0. The molecule has 1 aliphatic rings. The van der Waals surface area contributed by atoms with E-state index < -0.39 is 11.5 Å². The molecule has 0 saturated carbocycles. The van der Waals surface area contributed by atoms with Crippen molar-refractivity contribution in [2.75, 3.05) is 18.4 Å². The summed E-state index contributed by atoms with van der Waals surface area (Å²) in [6, 6.07) is 19.9. The first kappa shape index (κ1) is 21.3. The molecule has 2 N–H and O–H groups in total. The number of nitrogens with zero attached hydrogens (tertiary/aromatic N) is 1. The molecule has 0 atom stereocenters. The summed E-state index contributed by atoms with van der Waals surface area (Å²) in [5.41, 5.74) is 1.27. The zero-order chi connectivity index (χ0) is 16.1. The molecule has 1 aliphatic heterocycles. The van der Waals surface area contributed by atoms with Crippen LogP contribution in [-0.4, -0.2) is 34.6 Å². The lowest BCUT2D eigenvalue weighted by Gasteiger charge is -2.40. The second kappa shape index (κ2) is 9.66. The molecule has 2 aromatic rings. The number of rotatable bonds is 5. The molecule has 0 aliphatic carbocycles. The number of para-hydroxylation sites is 1. The second-order valence-corrected chi connectivity index (χ2v) is 6.14. The van der Waals surface area contributed by atoms with Crippen molar-refractivity contribution >= 4 is 36.5 Å². The molecule has 4 nitrogen and oxygen atoms in total. The van der Waals surface area contributed by atoms with Crippen molar-refractivity contribution < 1.29 is 9.90 Å². The van der Waals surface area contributed by atoms with Gasteiger partial charge >= 0.3 is 5.97 Å². The maximum absolute atomic E-state index is 11.9. The van der Waals surface area contributed by atoms with Crippen LogP contribution >= 0.6 is 24.8 Å². The highest BCUT2D eigenvalue weighted by atomic mass is 35.5. The van der Waals surface area contributed by atoms with Gasteiger partial charge in [-0.1, -0.05) is 48.5 Å². The minimum Gasteiger partial charge on any atom is -0.480 e. The van der Waals surface area contributed by atoms with Gasteiger partial charge in [0.2, 0.25) is 0 Å². The first-order chi connectivity index (χ1) is 11.2. The van der Waals surface area contributed by atoms with Gasteiger partial charge in [0.15, 0.2) is 0 Å². The van der Waals surface area contributed by atoms with E-state index in [2.05, 4.69) is 22.3 Å². The fourth-order valence-electron chi connectivity index (χ4n) is 3.12. The largest absolute Gasteiger partial charge is 0.480 e. The summed E-state index contributed by atoms with van der Waals surface area (Å²) in [5, 5.41) is 13.0. The van der Waals surface area contributed by atoms with Crippen molar-refractivity contribution in [2.45, 2.75) is 24.9 Å². The molecule has 0 bridgehead atoms. The lowest BCUT2D eigenvalue weighted by Crippen LogP contribution is -2.54. The monoisotopic (exact) mass is 382 g/mol. The predicted octanol–water partition coefficient (Wildman–Crippen LogP) is 4.06. The number of carboxylic acid groups (broad SMARTS) is 1. The first-order valence-corrected chi connectivity index (χ1v) is 8.01. The SMILES string of the molecule is Cl.Cl.O=C(O)C1(Nc2ccccc2)CCN(Cc2ccccc2)CC1. The van der Waals surface area contributed by atoms with Crippen molar-refractivity contribution in [3.63, 3.8) is 0 Å². The zero-order valence-electron chi connectivity index (χ0n) is 13.9. The summed E-state index contributed by atoms with van der Waals surface area (Å²) in [7, 11) is 0. The predicted molar refractivity (Wildman–Crippen MR) is 106 cm³/mol. The number of carboxylic acids is 1. The minimum atomic E-state index is -0.867. The number of aliphatic carboxylic acids is 1. The molecule has 0 radical (unpaired) electrons. The van der Waals surface area contributed by atoms with E-state index in [0.29, 0.717) is 12.8 Å². The number of benzene rings is 2. The Morgan fingerprint density at radius 3 is 2.00 bits per heavy atom. The van der Waals surface area contributed by atoms with Crippen molar-refractivity contribution in [1.29, 1.82) is 0 Å². The summed E-state index contributed by atoms with van der Waals surface area (Å²) < 4.78 is 0. The van der Waals surface area contributed by atoms with Crippen LogP contribution in [0.3, 0.4) is 0 Å². The Kier molecular flexibility index (Phi) is 8.23. The molecule has 0 spiro atoms. The van der Waals surface area contributed by atoms with E-state index in [0.717, 1.165) is 25.3 Å². The Morgan fingerprint density at radius 2 is 1.48 bits per heavy atom. The Balaban J connectivity index is 0.00000156. The molecular formula is C19H24Cl2N2O2. The van der Waals surface area contributed by atoms with E-state index in [1.807, 2.05) is 48.5 Å². The molecule has 2 aromatic carbocycles. The third-order valence-electron chi connectivity index (χ3n) is 4.53. The standard InChI is InChI=1S/C19H22N2O2.2ClH/c22-18(23)19(20-17-9-5-2-6-10-17)11-13-21(14-12-19)15-16-7-3-1-4-8-16;;/h1-10,20H,11-15H2,(H,22,23);2*1H. The van der Waals surface area contributed by atoms with Crippen molar-refractivity contribution in [3.8, 4) is 0 Å². The summed E-state index contributed by atoms with van der Waals surface area (Å²) in [4.78, 5) is 14.2. The van der Waals surface area contributed by atoms with Gasteiger partial charge in [-0.25, -0.2) is 4.79 Å². The Hall–Kier alpha value is -1.75. The van der Waals surface area contributed by atoms with E-state index in [-0.39, 0.29) is 24.8 Å². The van der Waals surface area contributed by atoms with Gasteiger partial charge in [0, 0.05) is 25.3 Å². The molecule has 0 amide bonds. The van der Waals surface area contributed by atoms with E-state index in [4.69, 9.17) is 0 Å². The van der Waals surface area contributed by atoms with Gasteiger partial charge in [0.25, 0.3) is 0 Å². The molecule has 25 heavy (non-hydrogen) atoms. The van der Waals surface area contributed by atoms with Gasteiger partial charge in [0.05, 0.1) is 0 Å². The van der Waals surface area contributed by atoms with E-state index >= 15 is 0 Å². The normalized spacial score (nSPS) is 16.2. The molecule has 3 rings (SSSR count). The van der Waals surface area contributed by atoms with Gasteiger partial charge in [-0.2, -0.15) is 0 Å². The minimum absolute atomic E-state index is 0. The van der Waals surface area contributed by atoms with Crippen molar-refractivity contribution in [2.24, 2.45) is 0 Å². The second-order valence-electron chi connectivity index (χ2n) is 6.14. The van der Waals surface area contributed by atoms with Crippen LogP contribution in [0, 0.1) is 0 Å². The molecule has 1 saturated heterocycles. The van der Waals surface area contributed by atoms with Gasteiger partial charge in [-0.3, -0.25) is 4.90 Å². The molecule has 6 heteroatoms. The third kappa shape index (κ3) is 5.36. The third-order valence-corrected chi connectivity index (χ3v) is 4.53. The summed E-state index contributed by atoms with van der Waals surface area (Å²) in [5.74, 6) is -0.763. The summed E-state index contributed by atoms with van der Waals surface area (Å²) in [6.45, 7) is 2.43. The lowest BCUT2D eigenvalue weighted by molar-refractivity contribution is -0.144. The fourth-order valence-corrected chi connectivity index (χ4v) is 3.12. The number of hydrogen-bond acceptors (Lipinski definition) is 3. The molecule has 1 heterocycles. The van der Waals surface area contributed by atoms with Crippen LogP contribution in [0.25, 0.3) is 0 Å². The maximum Gasteiger partial charge on any atom is 0.329 e. The van der Waals surface area contributed by atoms with Crippen LogP contribution in [0.4, 0.5) is 5.69 Å². The number of carbonyl (C=O) groups is 1. The molecule has 0 aromatic heterocycles. The quantitative estimate of drug-likeness (QED) is 0.818. The van der Waals surface area contributed by atoms with Gasteiger partial charge in [-0.05, 0) is 30.5 Å². The highest BCUT2D eigenvalue weighted by Gasteiger charge is 2.41. The zero-order valence-corrected chi connectivity index (χ0v) is 15.6. The number of likely N-dealkylation sites (tertiary alicyclic amines) is 1. The molecule has 136 valence electrons. The van der Waals surface area contributed by atoms with E-state index in [1.54, 1.807) is 0 Å². The molecule has 1 fully saturated rings. The average Bonchev–Trinajstić information content (AvgIpc) is 2.58. The number of anilines is 1. The maximum atomic E-state index is 11.9. The highest BCUT2D eigenvalue weighted by Crippen LogP contribution is 2.28. The average molecular weight is 383 g/mol. The van der Waals surface area contributed by atoms with Crippen LogP contribution in [0.1, 0.15) is 18.4 Å². The smallest absolute Gasteiger partial charge is 0.329 e. The van der Waals surface area contributed by atoms with Crippen molar-refractivity contribution in [3.05, 3.63) is 66.2 Å². The van der Waals surface area contributed by atoms with Crippen LogP contribution in [-0.2, 0) is 11.3 Å². The number of halogens is 2.